The lowest BCUT2D eigenvalue weighted by atomic mass is 10.1. The van der Waals surface area contributed by atoms with Gasteiger partial charge in [0.15, 0.2) is 0 Å². The zero-order chi connectivity index (χ0) is 49.5. The largest absolute Gasteiger partial charge is 0.497 e. The molecule has 0 unspecified atom stereocenters. The topological polar surface area (TPSA) is 161 Å². The van der Waals surface area contributed by atoms with Crippen LogP contribution in [-0.4, -0.2) is 65.5 Å². The normalized spacial score (nSPS) is 10.6. The molecular weight excluding hydrogens is 897 g/mol. The Hall–Kier alpha value is -8.00. The monoisotopic (exact) mass is 954 g/mol. The Morgan fingerprint density at radius 3 is 0.814 bits per heavy atom. The predicted octanol–water partition coefficient (Wildman–Crippen LogP) is 12.0. The second-order valence-electron chi connectivity index (χ2n) is 15.9. The maximum atomic E-state index is 13.3. The number of esters is 4. The summed E-state index contributed by atoms with van der Waals surface area (Å²) in [6.45, 7) is 0.677. The molecule has 0 fully saturated rings. The van der Waals surface area contributed by atoms with E-state index in [-0.39, 0.29) is 33.8 Å². The van der Waals surface area contributed by atoms with E-state index in [0.29, 0.717) is 59.2 Å². The minimum Gasteiger partial charge on any atom is -0.497 e. The molecule has 6 aromatic carbocycles. The van der Waals surface area contributed by atoms with E-state index in [9.17, 15) is 19.2 Å². The molecule has 6 aromatic rings. The third-order valence-corrected chi connectivity index (χ3v) is 11.0. The molecule has 0 amide bonds. The molecule has 6 rings (SSSR count). The number of benzene rings is 6. The first-order valence-corrected chi connectivity index (χ1v) is 23.1. The summed E-state index contributed by atoms with van der Waals surface area (Å²) in [5, 5.41) is 0. The molecule has 366 valence electrons. The van der Waals surface area contributed by atoms with Gasteiger partial charge in [-0.3, -0.25) is 0 Å². The molecule has 0 spiro atoms. The highest BCUT2D eigenvalue weighted by molar-refractivity contribution is 5.98. The highest BCUT2D eigenvalue weighted by atomic mass is 16.6. The number of rotatable bonds is 27. The van der Waals surface area contributed by atoms with E-state index >= 15 is 0 Å². The maximum absolute atomic E-state index is 13.3. The summed E-state index contributed by atoms with van der Waals surface area (Å²) >= 11 is 0. The van der Waals surface area contributed by atoms with Crippen LogP contribution in [0.4, 0.5) is 0 Å². The SMILES string of the molecule is COc1ccc(OC(=O)c2ccc(C(=O)Oc3ccc(OC)cc3)c(OCCCCCCCCCCCCOc3cc(C(=O)Oc4ccc(OC)cc4)ccc3C(=O)Oc3ccc(OC)cc3)c2)cc1. The fourth-order valence-corrected chi connectivity index (χ4v) is 7.09. The molecule has 0 aliphatic carbocycles. The second-order valence-corrected chi connectivity index (χ2v) is 15.9. The Kier molecular flexibility index (Phi) is 19.9. The molecule has 0 N–H and O–H groups in total. The lowest BCUT2D eigenvalue weighted by Crippen LogP contribution is -2.14. The van der Waals surface area contributed by atoms with Gasteiger partial charge in [-0.15, -0.1) is 0 Å². The summed E-state index contributed by atoms with van der Waals surface area (Å²) < 4.78 is 55.3. The summed E-state index contributed by atoms with van der Waals surface area (Å²) in [6, 6.07) is 35.6. The van der Waals surface area contributed by atoms with Gasteiger partial charge in [-0.05, 0) is 146 Å². The van der Waals surface area contributed by atoms with Crippen molar-refractivity contribution in [1.29, 1.82) is 0 Å². The van der Waals surface area contributed by atoms with Crippen LogP contribution in [0.1, 0.15) is 106 Å². The molecule has 14 nitrogen and oxygen atoms in total. The number of carbonyl (C=O) groups is 4. The Balaban J connectivity index is 0.922. The number of hydrogen-bond acceptors (Lipinski definition) is 14. The van der Waals surface area contributed by atoms with Gasteiger partial charge >= 0.3 is 23.9 Å². The first-order valence-electron chi connectivity index (χ1n) is 23.1. The van der Waals surface area contributed by atoms with Crippen LogP contribution >= 0.6 is 0 Å². The third kappa shape index (κ3) is 15.8. The van der Waals surface area contributed by atoms with Gasteiger partial charge in [0.1, 0.15) is 68.6 Å². The molecule has 70 heavy (non-hydrogen) atoms. The number of methoxy groups -OCH3 is 4. The van der Waals surface area contributed by atoms with Gasteiger partial charge in [-0.2, -0.15) is 0 Å². The number of unbranched alkanes of at least 4 members (excludes halogenated alkanes) is 9. The lowest BCUT2D eigenvalue weighted by Gasteiger charge is -2.13. The summed E-state index contributed by atoms with van der Waals surface area (Å²) in [6.07, 6.45) is 9.73. The number of hydrogen-bond donors (Lipinski definition) is 0. The molecule has 0 aromatic heterocycles. The van der Waals surface area contributed by atoms with Crippen LogP contribution in [0.25, 0.3) is 0 Å². The predicted molar refractivity (Wildman–Crippen MR) is 262 cm³/mol. The molecule has 0 saturated carbocycles. The second kappa shape index (κ2) is 27.1. The van der Waals surface area contributed by atoms with Gasteiger partial charge in [-0.1, -0.05) is 51.4 Å². The van der Waals surface area contributed by atoms with Crippen LogP contribution in [-0.2, 0) is 0 Å². The highest BCUT2D eigenvalue weighted by Gasteiger charge is 2.21. The van der Waals surface area contributed by atoms with Gasteiger partial charge in [0, 0.05) is 0 Å². The third-order valence-electron chi connectivity index (χ3n) is 11.0. The van der Waals surface area contributed by atoms with Crippen molar-refractivity contribution in [3.63, 3.8) is 0 Å². The average molecular weight is 955 g/mol. The highest BCUT2D eigenvalue weighted by Crippen LogP contribution is 2.29. The Morgan fingerprint density at radius 2 is 0.543 bits per heavy atom. The molecule has 0 aliphatic heterocycles. The van der Waals surface area contributed by atoms with Crippen molar-refractivity contribution in [1.82, 2.24) is 0 Å². The van der Waals surface area contributed by atoms with Gasteiger partial charge in [-0.25, -0.2) is 19.2 Å². The molecule has 14 heteroatoms. The van der Waals surface area contributed by atoms with Crippen LogP contribution in [0.15, 0.2) is 133 Å². The summed E-state index contributed by atoms with van der Waals surface area (Å²) in [7, 11) is 6.21. The quantitative estimate of drug-likeness (QED) is 0.0272. The van der Waals surface area contributed by atoms with Crippen LogP contribution in [0.2, 0.25) is 0 Å². The van der Waals surface area contributed by atoms with Gasteiger partial charge in [0.25, 0.3) is 0 Å². The van der Waals surface area contributed by atoms with Crippen molar-refractivity contribution in [2.24, 2.45) is 0 Å². The van der Waals surface area contributed by atoms with Crippen LogP contribution < -0.4 is 47.4 Å². The van der Waals surface area contributed by atoms with E-state index in [1.54, 1.807) is 126 Å². The smallest absolute Gasteiger partial charge is 0.347 e. The zero-order valence-corrected chi connectivity index (χ0v) is 39.9. The van der Waals surface area contributed by atoms with Crippen molar-refractivity contribution < 1.29 is 66.5 Å². The summed E-state index contributed by atoms with van der Waals surface area (Å²) in [4.78, 5) is 52.8. The van der Waals surface area contributed by atoms with Gasteiger partial charge in [0.05, 0.1) is 52.8 Å². The van der Waals surface area contributed by atoms with Gasteiger partial charge in [0.2, 0.25) is 0 Å². The Morgan fingerprint density at radius 1 is 0.300 bits per heavy atom. The van der Waals surface area contributed by atoms with Crippen molar-refractivity contribution in [2.45, 2.75) is 64.2 Å². The van der Waals surface area contributed by atoms with Crippen LogP contribution in [0.3, 0.4) is 0 Å². The van der Waals surface area contributed by atoms with Crippen LogP contribution in [0.5, 0.6) is 57.5 Å². The number of ether oxygens (including phenoxy) is 10. The van der Waals surface area contributed by atoms with E-state index < -0.39 is 23.9 Å². The Labute approximate surface area is 408 Å². The molecule has 0 atom stereocenters. The first kappa shape index (κ1) is 51.4. The van der Waals surface area contributed by atoms with Crippen molar-refractivity contribution >= 4 is 23.9 Å². The lowest BCUT2D eigenvalue weighted by molar-refractivity contribution is 0.0715. The standard InChI is InChI=1S/C56H58O14/c1-61-41-17-25-45(26-18-41)67-53(57)39-15-33-49(55(59)69-47-29-21-43(63-3)22-30-47)51(37-39)65-35-13-11-9-7-5-6-8-10-12-14-36-66-52-38-40(54(58)68-46-27-19-42(62-2)20-28-46)16-34-50(52)56(60)70-48-31-23-44(64-4)24-32-48/h15-34,37-38H,5-14,35-36H2,1-4H3. The van der Waals surface area contributed by atoms with E-state index in [4.69, 9.17) is 47.4 Å². The summed E-state index contributed by atoms with van der Waals surface area (Å²) in [5.41, 5.74) is 0.784. The van der Waals surface area contributed by atoms with Crippen molar-refractivity contribution in [3.05, 3.63) is 156 Å². The van der Waals surface area contributed by atoms with Crippen molar-refractivity contribution in [2.75, 3.05) is 41.7 Å². The molecular formula is C56H58O14. The van der Waals surface area contributed by atoms with Gasteiger partial charge < -0.3 is 47.4 Å². The maximum Gasteiger partial charge on any atom is 0.347 e. The molecule has 0 bridgehead atoms. The average Bonchev–Trinajstić information content (AvgIpc) is 3.39. The summed E-state index contributed by atoms with van der Waals surface area (Å²) in [5.74, 6) is 1.84. The van der Waals surface area contributed by atoms with Crippen LogP contribution in [0, 0.1) is 0 Å². The van der Waals surface area contributed by atoms with E-state index in [1.807, 2.05) is 0 Å². The Bertz CT molecular complexity index is 2420. The fraction of sp³-hybridized carbons (Fsp3) is 0.286. The minimum absolute atomic E-state index is 0.177. The number of carbonyl (C=O) groups excluding carboxylic acids is 4. The van der Waals surface area contributed by atoms with E-state index in [2.05, 4.69) is 0 Å². The fourth-order valence-electron chi connectivity index (χ4n) is 7.09. The minimum atomic E-state index is -0.629. The molecule has 0 saturated heterocycles. The molecule has 0 radical (unpaired) electrons. The molecule has 0 aliphatic rings. The first-order chi connectivity index (χ1) is 34.2. The van der Waals surface area contributed by atoms with E-state index in [1.165, 1.54) is 36.4 Å². The zero-order valence-electron chi connectivity index (χ0n) is 39.9. The molecule has 0 heterocycles. The van der Waals surface area contributed by atoms with Crippen molar-refractivity contribution in [3.8, 4) is 57.5 Å². The van der Waals surface area contributed by atoms with E-state index in [0.717, 1.165) is 64.2 Å².